The van der Waals surface area contributed by atoms with E-state index in [2.05, 4.69) is 83.8 Å². The molecule has 0 spiro atoms. The Hall–Kier alpha value is -2.16. The van der Waals surface area contributed by atoms with Crippen LogP contribution in [0.25, 0.3) is 0 Å². The lowest BCUT2D eigenvalue weighted by molar-refractivity contribution is 0.144. The standard InChI is InChI=1S/C24H27NO/c1-4-10-20(11-5-1)16-23(24-19-26-24)25(17-21-12-6-2-7-13-21)18-22-14-8-3-9-15-22/h2-4,6-15,23-24H,1,5,16-19H2/t23-,24-/m0/s1. The van der Waals surface area contributed by atoms with Crippen LogP contribution in [0.2, 0.25) is 0 Å². The number of rotatable bonds is 8. The largest absolute Gasteiger partial charge is 0.371 e. The summed E-state index contributed by atoms with van der Waals surface area (Å²) >= 11 is 0. The zero-order valence-corrected chi connectivity index (χ0v) is 15.3. The maximum absolute atomic E-state index is 5.78. The second kappa shape index (κ2) is 8.48. The van der Waals surface area contributed by atoms with Crippen molar-refractivity contribution in [2.24, 2.45) is 0 Å². The number of epoxide rings is 1. The monoisotopic (exact) mass is 345 g/mol. The highest BCUT2D eigenvalue weighted by atomic mass is 16.6. The third-order valence-corrected chi connectivity index (χ3v) is 5.23. The summed E-state index contributed by atoms with van der Waals surface area (Å²) in [6, 6.07) is 22.0. The first-order valence-corrected chi connectivity index (χ1v) is 9.67. The van der Waals surface area contributed by atoms with Crippen LogP contribution in [0.3, 0.4) is 0 Å². The van der Waals surface area contributed by atoms with Gasteiger partial charge in [-0.25, -0.2) is 0 Å². The number of nitrogens with zero attached hydrogens (tertiary/aromatic N) is 1. The number of ether oxygens (including phenoxy) is 1. The van der Waals surface area contributed by atoms with Gasteiger partial charge < -0.3 is 4.74 Å². The number of benzene rings is 2. The summed E-state index contributed by atoms with van der Waals surface area (Å²) in [6.45, 7) is 2.80. The van der Waals surface area contributed by atoms with Gasteiger partial charge in [-0.3, -0.25) is 4.90 Å². The molecule has 0 radical (unpaired) electrons. The highest BCUT2D eigenvalue weighted by Gasteiger charge is 2.37. The van der Waals surface area contributed by atoms with E-state index in [1.165, 1.54) is 29.5 Å². The van der Waals surface area contributed by atoms with E-state index in [4.69, 9.17) is 4.74 Å². The summed E-state index contributed by atoms with van der Waals surface area (Å²) in [6.07, 6.45) is 10.8. The normalized spacial score (nSPS) is 20.0. The van der Waals surface area contributed by atoms with Crippen molar-refractivity contribution in [3.63, 3.8) is 0 Å². The predicted octanol–water partition coefficient (Wildman–Crippen LogP) is 5.12. The van der Waals surface area contributed by atoms with Gasteiger partial charge in [0.15, 0.2) is 0 Å². The Morgan fingerprint density at radius 1 is 0.885 bits per heavy atom. The van der Waals surface area contributed by atoms with Gasteiger partial charge in [-0.05, 0) is 30.4 Å². The topological polar surface area (TPSA) is 15.8 Å². The lowest BCUT2D eigenvalue weighted by Gasteiger charge is -2.32. The molecule has 1 saturated heterocycles. The molecule has 1 aliphatic carbocycles. The van der Waals surface area contributed by atoms with Crippen molar-refractivity contribution in [3.8, 4) is 0 Å². The molecule has 1 aliphatic heterocycles. The summed E-state index contributed by atoms with van der Waals surface area (Å²) in [7, 11) is 0. The van der Waals surface area contributed by atoms with E-state index in [0.29, 0.717) is 12.1 Å². The second-order valence-corrected chi connectivity index (χ2v) is 7.28. The third kappa shape index (κ3) is 4.72. The molecular formula is C24H27NO. The molecule has 0 amide bonds. The van der Waals surface area contributed by atoms with Gasteiger partial charge in [-0.2, -0.15) is 0 Å². The van der Waals surface area contributed by atoms with Gasteiger partial charge in [-0.15, -0.1) is 0 Å². The molecule has 134 valence electrons. The zero-order chi connectivity index (χ0) is 17.6. The van der Waals surface area contributed by atoms with Crippen molar-refractivity contribution in [3.05, 3.63) is 95.6 Å². The Bertz CT molecular complexity index is 705. The Kier molecular flexibility index (Phi) is 5.63. The van der Waals surface area contributed by atoms with E-state index in [1.54, 1.807) is 0 Å². The molecule has 4 rings (SSSR count). The molecule has 2 atom stereocenters. The molecule has 1 heterocycles. The van der Waals surface area contributed by atoms with Gasteiger partial charge in [0.1, 0.15) is 0 Å². The van der Waals surface area contributed by atoms with Crippen LogP contribution in [0.4, 0.5) is 0 Å². The summed E-state index contributed by atoms with van der Waals surface area (Å²) in [5, 5.41) is 0. The van der Waals surface area contributed by atoms with Gasteiger partial charge in [-0.1, -0.05) is 84.5 Å². The molecule has 2 aromatic rings. The van der Waals surface area contributed by atoms with Gasteiger partial charge >= 0.3 is 0 Å². The fourth-order valence-corrected chi connectivity index (χ4v) is 3.76. The molecule has 26 heavy (non-hydrogen) atoms. The Morgan fingerprint density at radius 2 is 1.50 bits per heavy atom. The maximum Gasteiger partial charge on any atom is 0.0968 e. The smallest absolute Gasteiger partial charge is 0.0968 e. The molecule has 0 bridgehead atoms. The molecule has 2 aromatic carbocycles. The lowest BCUT2D eigenvalue weighted by Crippen LogP contribution is -2.38. The van der Waals surface area contributed by atoms with Gasteiger partial charge in [0.25, 0.3) is 0 Å². The Morgan fingerprint density at radius 3 is 2.00 bits per heavy atom. The maximum atomic E-state index is 5.78. The van der Waals surface area contributed by atoms with E-state index in [-0.39, 0.29) is 0 Å². The van der Waals surface area contributed by atoms with E-state index in [9.17, 15) is 0 Å². The molecule has 0 aromatic heterocycles. The zero-order valence-electron chi connectivity index (χ0n) is 15.3. The number of hydrogen-bond donors (Lipinski definition) is 0. The van der Waals surface area contributed by atoms with Crippen LogP contribution >= 0.6 is 0 Å². The average molecular weight is 345 g/mol. The summed E-state index contributed by atoms with van der Waals surface area (Å²) in [4.78, 5) is 2.60. The average Bonchev–Trinajstić information content (AvgIpc) is 3.53. The number of allylic oxidation sites excluding steroid dienone is 3. The Labute approximate surface area is 156 Å². The molecule has 2 heteroatoms. The van der Waals surface area contributed by atoms with Crippen molar-refractivity contribution in [1.29, 1.82) is 0 Å². The van der Waals surface area contributed by atoms with E-state index in [0.717, 1.165) is 26.1 Å². The third-order valence-electron chi connectivity index (χ3n) is 5.23. The fourth-order valence-electron chi connectivity index (χ4n) is 3.76. The fraction of sp³-hybridized carbons (Fsp3) is 0.333. The van der Waals surface area contributed by atoms with Crippen molar-refractivity contribution in [2.45, 2.75) is 44.5 Å². The van der Waals surface area contributed by atoms with Crippen molar-refractivity contribution >= 4 is 0 Å². The van der Waals surface area contributed by atoms with Crippen LogP contribution in [0, 0.1) is 0 Å². The van der Waals surface area contributed by atoms with Gasteiger partial charge in [0.2, 0.25) is 0 Å². The van der Waals surface area contributed by atoms with Crippen LogP contribution in [-0.2, 0) is 17.8 Å². The minimum atomic E-state index is 0.360. The summed E-state index contributed by atoms with van der Waals surface area (Å²) in [5.74, 6) is 0. The molecule has 0 unspecified atom stereocenters. The van der Waals surface area contributed by atoms with Gasteiger partial charge in [0.05, 0.1) is 12.7 Å². The highest BCUT2D eigenvalue weighted by Crippen LogP contribution is 2.29. The molecular weight excluding hydrogens is 318 g/mol. The van der Waals surface area contributed by atoms with E-state index < -0.39 is 0 Å². The molecule has 2 nitrogen and oxygen atoms in total. The lowest BCUT2D eigenvalue weighted by atomic mass is 9.96. The SMILES string of the molecule is C1=CC(C[C@@H]([C@@H]2CO2)N(Cc2ccccc2)Cc2ccccc2)=CCC1. The first-order chi connectivity index (χ1) is 12.9. The predicted molar refractivity (Wildman–Crippen MR) is 107 cm³/mol. The minimum absolute atomic E-state index is 0.360. The quantitative estimate of drug-likeness (QED) is 0.617. The van der Waals surface area contributed by atoms with Crippen molar-refractivity contribution in [1.82, 2.24) is 4.90 Å². The molecule has 1 fully saturated rings. The molecule has 0 saturated carbocycles. The highest BCUT2D eigenvalue weighted by molar-refractivity contribution is 5.25. The van der Waals surface area contributed by atoms with Gasteiger partial charge in [0, 0.05) is 19.1 Å². The minimum Gasteiger partial charge on any atom is -0.371 e. The summed E-state index contributed by atoms with van der Waals surface area (Å²) < 4.78 is 5.78. The number of hydrogen-bond acceptors (Lipinski definition) is 2. The van der Waals surface area contributed by atoms with Crippen LogP contribution in [0.15, 0.2) is 84.5 Å². The molecule has 0 N–H and O–H groups in total. The van der Waals surface area contributed by atoms with Crippen molar-refractivity contribution < 1.29 is 4.74 Å². The van der Waals surface area contributed by atoms with Crippen LogP contribution < -0.4 is 0 Å². The first kappa shape index (κ1) is 17.3. The first-order valence-electron chi connectivity index (χ1n) is 9.67. The molecule has 2 aliphatic rings. The summed E-state index contributed by atoms with van der Waals surface area (Å²) in [5.41, 5.74) is 4.19. The second-order valence-electron chi connectivity index (χ2n) is 7.28. The van der Waals surface area contributed by atoms with E-state index >= 15 is 0 Å². The van der Waals surface area contributed by atoms with Crippen LogP contribution in [0.1, 0.15) is 30.4 Å². The van der Waals surface area contributed by atoms with Crippen LogP contribution in [-0.4, -0.2) is 23.7 Å². The van der Waals surface area contributed by atoms with Crippen LogP contribution in [0.5, 0.6) is 0 Å². The Balaban J connectivity index is 1.56. The van der Waals surface area contributed by atoms with E-state index in [1.807, 2.05) is 0 Å². The van der Waals surface area contributed by atoms with Crippen molar-refractivity contribution in [2.75, 3.05) is 6.61 Å².